The number of alkyl halides is 3. The largest absolute Gasteiger partial charge is 0.449 e. The molecule has 0 aliphatic carbocycles. The lowest BCUT2D eigenvalue weighted by Gasteiger charge is -2.07. The number of aromatic nitrogens is 3. The molecule has 7 nitrogen and oxygen atoms in total. The second-order valence-electron chi connectivity index (χ2n) is 7.16. The van der Waals surface area contributed by atoms with Crippen LogP contribution in [0.3, 0.4) is 0 Å². The molecule has 0 atom stereocenters. The van der Waals surface area contributed by atoms with Gasteiger partial charge in [-0.3, -0.25) is 9.59 Å². The first-order chi connectivity index (χ1) is 15.1. The number of carbonyl (C=O) groups is 2. The number of aryl methyl sites for hydroxylation is 1. The number of fused-ring (bicyclic) bond motifs is 2. The molecule has 3 N–H and O–H groups in total. The van der Waals surface area contributed by atoms with E-state index >= 15 is 0 Å². The average molecular weight is 447 g/mol. The minimum atomic E-state index is -4.62. The number of carbonyl (C=O) groups excluding carboxylic acids is 2. The summed E-state index contributed by atoms with van der Waals surface area (Å²) in [7, 11) is 1.24. The van der Waals surface area contributed by atoms with Crippen molar-refractivity contribution in [3.05, 3.63) is 59.8 Å². The van der Waals surface area contributed by atoms with Gasteiger partial charge in [-0.25, -0.2) is 9.37 Å². The fourth-order valence-corrected chi connectivity index (χ4v) is 3.47. The van der Waals surface area contributed by atoms with Crippen LogP contribution in [0.2, 0.25) is 0 Å². The number of nitrogens with zero attached hydrogens (tertiary/aromatic N) is 2. The van der Waals surface area contributed by atoms with Crippen LogP contribution in [0.4, 0.5) is 23.2 Å². The lowest BCUT2D eigenvalue weighted by molar-refractivity contribution is -0.146. The number of hydrogen-bond donors (Lipinski definition) is 3. The Morgan fingerprint density at radius 3 is 2.66 bits per heavy atom. The lowest BCUT2D eigenvalue weighted by atomic mass is 10.1. The fraction of sp³-hybridized carbons (Fsp3) is 0.190. The number of imidazole rings is 1. The normalized spacial score (nSPS) is 11.8. The number of anilines is 1. The first kappa shape index (κ1) is 21.3. The molecule has 32 heavy (non-hydrogen) atoms. The fourth-order valence-electron chi connectivity index (χ4n) is 3.47. The number of rotatable bonds is 4. The van der Waals surface area contributed by atoms with Crippen molar-refractivity contribution >= 4 is 39.4 Å². The summed E-state index contributed by atoms with van der Waals surface area (Å²) < 4.78 is 53.4. The van der Waals surface area contributed by atoms with Crippen LogP contribution < -0.4 is 10.6 Å². The molecule has 0 radical (unpaired) electrons. The van der Waals surface area contributed by atoms with Gasteiger partial charge in [-0.05, 0) is 48.4 Å². The van der Waals surface area contributed by atoms with E-state index in [9.17, 15) is 27.2 Å². The van der Waals surface area contributed by atoms with Gasteiger partial charge in [-0.1, -0.05) is 0 Å². The second kappa shape index (κ2) is 7.98. The third-order valence-electron chi connectivity index (χ3n) is 5.01. The van der Waals surface area contributed by atoms with Crippen molar-refractivity contribution in [2.24, 2.45) is 7.05 Å². The van der Waals surface area contributed by atoms with Crippen LogP contribution in [0.5, 0.6) is 0 Å². The molecular weight excluding hydrogens is 430 g/mol. The third-order valence-corrected chi connectivity index (χ3v) is 5.01. The molecule has 0 saturated carbocycles. The maximum Gasteiger partial charge on any atom is 0.449 e. The van der Waals surface area contributed by atoms with Crippen LogP contribution >= 0.6 is 0 Å². The molecule has 2 aromatic heterocycles. The van der Waals surface area contributed by atoms with Crippen LogP contribution in [-0.2, 0) is 29.2 Å². The Kier molecular flexibility index (Phi) is 5.33. The molecule has 2 aromatic carbocycles. The van der Waals surface area contributed by atoms with Gasteiger partial charge in [0.1, 0.15) is 5.82 Å². The van der Waals surface area contributed by atoms with E-state index in [-0.39, 0.29) is 29.1 Å². The number of H-pyrrole nitrogens is 1. The summed E-state index contributed by atoms with van der Waals surface area (Å²) in [6, 6.07) is 8.35. The van der Waals surface area contributed by atoms with Crippen molar-refractivity contribution in [2.45, 2.75) is 12.6 Å². The van der Waals surface area contributed by atoms with E-state index in [1.807, 2.05) is 0 Å². The molecule has 0 bridgehead atoms. The third kappa shape index (κ3) is 4.13. The van der Waals surface area contributed by atoms with E-state index in [0.29, 0.717) is 11.8 Å². The Morgan fingerprint density at radius 1 is 1.12 bits per heavy atom. The van der Waals surface area contributed by atoms with Crippen LogP contribution in [0.1, 0.15) is 11.4 Å². The van der Waals surface area contributed by atoms with Gasteiger partial charge < -0.3 is 20.2 Å². The van der Waals surface area contributed by atoms with Crippen LogP contribution in [0.25, 0.3) is 21.9 Å². The number of nitrogens with one attached hydrogen (secondary N) is 3. The van der Waals surface area contributed by atoms with Crippen molar-refractivity contribution in [2.75, 3.05) is 11.9 Å². The second-order valence-corrected chi connectivity index (χ2v) is 7.16. The summed E-state index contributed by atoms with van der Waals surface area (Å²) >= 11 is 0. The minimum absolute atomic E-state index is 0.0320. The van der Waals surface area contributed by atoms with E-state index in [4.69, 9.17) is 0 Å². The highest BCUT2D eigenvalue weighted by Gasteiger charge is 2.36. The Labute approximate surface area is 178 Å². The predicted molar refractivity (Wildman–Crippen MR) is 109 cm³/mol. The van der Waals surface area contributed by atoms with Crippen molar-refractivity contribution < 1.29 is 27.2 Å². The number of aromatic amines is 1. The van der Waals surface area contributed by atoms with E-state index < -0.39 is 23.8 Å². The monoisotopic (exact) mass is 447 g/mol. The zero-order valence-electron chi connectivity index (χ0n) is 16.7. The summed E-state index contributed by atoms with van der Waals surface area (Å²) in [5, 5.41) is 5.49. The van der Waals surface area contributed by atoms with Gasteiger partial charge >= 0.3 is 18.0 Å². The maximum absolute atomic E-state index is 13.4. The Balaban J connectivity index is 1.38. The van der Waals surface area contributed by atoms with Crippen LogP contribution in [-0.4, -0.2) is 32.9 Å². The molecule has 0 aliphatic heterocycles. The van der Waals surface area contributed by atoms with Crippen LogP contribution in [0.15, 0.2) is 42.6 Å². The molecule has 2 amide bonds. The molecule has 4 rings (SSSR count). The van der Waals surface area contributed by atoms with Gasteiger partial charge in [-0.2, -0.15) is 13.2 Å². The number of amides is 2. The molecule has 2 heterocycles. The van der Waals surface area contributed by atoms with E-state index in [2.05, 4.69) is 20.6 Å². The van der Waals surface area contributed by atoms with Crippen molar-refractivity contribution in [3.8, 4) is 0 Å². The quantitative estimate of drug-likeness (QED) is 0.330. The molecule has 0 spiro atoms. The number of halogens is 4. The van der Waals surface area contributed by atoms with E-state index in [1.165, 1.54) is 37.4 Å². The lowest BCUT2D eigenvalue weighted by Crippen LogP contribution is -2.36. The van der Waals surface area contributed by atoms with Crippen molar-refractivity contribution in [1.29, 1.82) is 0 Å². The first-order valence-electron chi connectivity index (χ1n) is 9.52. The summed E-state index contributed by atoms with van der Waals surface area (Å²) in [5.74, 6) is -3.32. The molecule has 11 heteroatoms. The van der Waals surface area contributed by atoms with E-state index in [1.54, 1.807) is 12.3 Å². The average Bonchev–Trinajstić information content (AvgIpc) is 3.28. The Morgan fingerprint density at radius 2 is 1.91 bits per heavy atom. The van der Waals surface area contributed by atoms with Gasteiger partial charge in [0.2, 0.25) is 5.82 Å². The highest BCUT2D eigenvalue weighted by molar-refractivity contribution is 6.39. The topological polar surface area (TPSA) is 91.8 Å². The standard InChI is InChI=1S/C21H17F4N5O2/c1-30-17-5-3-13(9-16(17)29-20(30)21(23,24)25)28-19(32)18(31)26-7-6-11-10-27-15-4-2-12(22)8-14(11)15/h2-5,8-10,27H,6-7H2,1H3,(H,26,31)(H,28,32). The predicted octanol–water partition coefficient (Wildman–Crippen LogP) is 3.51. The Hall–Kier alpha value is -3.89. The number of benzene rings is 2. The molecule has 0 unspecified atom stereocenters. The van der Waals surface area contributed by atoms with E-state index in [0.717, 1.165) is 15.6 Å². The van der Waals surface area contributed by atoms with Gasteiger partial charge in [-0.15, -0.1) is 0 Å². The summed E-state index contributed by atoms with van der Waals surface area (Å²) in [6.07, 6.45) is -2.55. The summed E-state index contributed by atoms with van der Waals surface area (Å²) in [5.41, 5.74) is 1.93. The molecule has 0 saturated heterocycles. The Bertz CT molecular complexity index is 1340. The van der Waals surface area contributed by atoms with Gasteiger partial charge in [0.25, 0.3) is 0 Å². The summed E-state index contributed by atoms with van der Waals surface area (Å²) in [6.45, 7) is 0.129. The summed E-state index contributed by atoms with van der Waals surface area (Å²) in [4.78, 5) is 30.8. The molecular formula is C21H17F4N5O2. The molecule has 4 aromatic rings. The highest BCUT2D eigenvalue weighted by Crippen LogP contribution is 2.31. The van der Waals surface area contributed by atoms with Gasteiger partial charge in [0.05, 0.1) is 11.0 Å². The molecule has 0 aliphatic rings. The minimum Gasteiger partial charge on any atom is -0.361 e. The smallest absolute Gasteiger partial charge is 0.361 e. The zero-order valence-corrected chi connectivity index (χ0v) is 16.7. The zero-order chi connectivity index (χ0) is 23.0. The van der Waals surface area contributed by atoms with Crippen molar-refractivity contribution in [1.82, 2.24) is 19.9 Å². The maximum atomic E-state index is 13.4. The van der Waals surface area contributed by atoms with Gasteiger partial charge in [0, 0.05) is 36.4 Å². The molecule has 0 fully saturated rings. The number of hydrogen-bond acceptors (Lipinski definition) is 3. The first-order valence-corrected chi connectivity index (χ1v) is 9.52. The molecule has 166 valence electrons. The van der Waals surface area contributed by atoms with Gasteiger partial charge in [0.15, 0.2) is 0 Å². The van der Waals surface area contributed by atoms with Crippen LogP contribution in [0, 0.1) is 5.82 Å². The van der Waals surface area contributed by atoms with Crippen molar-refractivity contribution in [3.63, 3.8) is 0 Å². The highest BCUT2D eigenvalue weighted by atomic mass is 19.4. The SMILES string of the molecule is Cn1c(C(F)(F)F)nc2cc(NC(=O)C(=O)NCCc3c[nH]c4ccc(F)cc34)ccc21.